The fourth-order valence-corrected chi connectivity index (χ4v) is 2.93. The smallest absolute Gasteiger partial charge is 0.308 e. The van der Waals surface area contributed by atoms with Crippen molar-refractivity contribution in [2.24, 2.45) is 0 Å². The molecule has 3 nitrogen and oxygen atoms in total. The molecular weight excluding hydrogens is 282 g/mol. The molecule has 0 fully saturated rings. The summed E-state index contributed by atoms with van der Waals surface area (Å²) in [5, 5.41) is 12.8. The third-order valence-corrected chi connectivity index (χ3v) is 3.88. The Hall–Kier alpha value is -1.36. The Balaban J connectivity index is 1.82. The van der Waals surface area contributed by atoms with Crippen LogP contribution in [0.25, 0.3) is 0 Å². The first-order valence-electron chi connectivity index (χ1n) is 5.88. The maximum absolute atomic E-state index is 10.6. The van der Waals surface area contributed by atoms with Crippen molar-refractivity contribution in [2.75, 3.05) is 0 Å². The van der Waals surface area contributed by atoms with Crippen LogP contribution in [0.5, 0.6) is 0 Å². The Morgan fingerprint density at radius 2 is 2.00 bits per heavy atom. The molecule has 0 aliphatic heterocycles. The Kier molecular flexibility index (Phi) is 4.96. The van der Waals surface area contributed by atoms with E-state index in [0.717, 1.165) is 33.4 Å². The highest BCUT2D eigenvalue weighted by molar-refractivity contribution is 7.12. The van der Waals surface area contributed by atoms with E-state index in [1.165, 1.54) is 11.3 Å². The molecule has 2 aromatic rings. The lowest BCUT2D eigenvalue weighted by atomic mass is 10.2. The zero-order valence-electron chi connectivity index (χ0n) is 10.2. The van der Waals surface area contributed by atoms with Crippen LogP contribution in [0.4, 0.5) is 0 Å². The molecule has 1 aromatic carbocycles. The molecule has 0 atom stereocenters. The normalized spacial score (nSPS) is 10.6. The largest absolute Gasteiger partial charge is 0.481 e. The predicted molar refractivity (Wildman–Crippen MR) is 77.7 cm³/mol. The standard InChI is InChI=1S/C14H14ClNO2S/c15-11-3-1-2-10(6-11)8-16-9-13-5-4-12(19-13)7-14(17)18/h1-6,16H,7-9H2,(H,17,18). The molecule has 1 heterocycles. The van der Waals surface area contributed by atoms with Crippen LogP contribution in [-0.4, -0.2) is 11.1 Å². The second-order valence-electron chi connectivity index (χ2n) is 4.17. The molecule has 2 rings (SSSR count). The number of aliphatic carboxylic acids is 1. The number of hydrogen-bond donors (Lipinski definition) is 2. The van der Waals surface area contributed by atoms with Crippen molar-refractivity contribution in [1.29, 1.82) is 0 Å². The minimum atomic E-state index is -0.791. The van der Waals surface area contributed by atoms with Crippen molar-refractivity contribution in [3.8, 4) is 0 Å². The summed E-state index contributed by atoms with van der Waals surface area (Å²) < 4.78 is 0. The highest BCUT2D eigenvalue weighted by Gasteiger charge is 2.04. The molecule has 0 saturated heterocycles. The predicted octanol–water partition coefficient (Wildman–Crippen LogP) is 3.32. The van der Waals surface area contributed by atoms with Gasteiger partial charge in [0.25, 0.3) is 0 Å². The maximum Gasteiger partial charge on any atom is 0.308 e. The lowest BCUT2D eigenvalue weighted by Gasteiger charge is -2.03. The van der Waals surface area contributed by atoms with Gasteiger partial charge in [0.1, 0.15) is 0 Å². The summed E-state index contributed by atoms with van der Waals surface area (Å²) in [4.78, 5) is 12.6. The molecule has 0 aliphatic carbocycles. The highest BCUT2D eigenvalue weighted by atomic mass is 35.5. The van der Waals surface area contributed by atoms with Crippen LogP contribution >= 0.6 is 22.9 Å². The summed E-state index contributed by atoms with van der Waals surface area (Å²) in [5.41, 5.74) is 1.13. The minimum absolute atomic E-state index is 0.0962. The van der Waals surface area contributed by atoms with E-state index in [1.54, 1.807) is 0 Å². The van der Waals surface area contributed by atoms with Gasteiger partial charge in [-0.2, -0.15) is 0 Å². The summed E-state index contributed by atoms with van der Waals surface area (Å²) in [5.74, 6) is -0.791. The number of rotatable bonds is 6. The number of carboxylic acid groups (broad SMARTS) is 1. The molecule has 0 spiro atoms. The Morgan fingerprint density at radius 3 is 2.74 bits per heavy atom. The molecule has 1 aromatic heterocycles. The van der Waals surface area contributed by atoms with Crippen LogP contribution < -0.4 is 5.32 Å². The van der Waals surface area contributed by atoms with Crippen molar-refractivity contribution in [1.82, 2.24) is 5.32 Å². The number of benzene rings is 1. The molecule has 100 valence electrons. The monoisotopic (exact) mass is 295 g/mol. The number of carboxylic acids is 1. The fourth-order valence-electron chi connectivity index (χ4n) is 1.74. The van der Waals surface area contributed by atoms with Gasteiger partial charge in [0.2, 0.25) is 0 Å². The number of nitrogens with one attached hydrogen (secondary N) is 1. The number of thiophene rings is 1. The van der Waals surface area contributed by atoms with Crippen LogP contribution in [0.1, 0.15) is 15.3 Å². The zero-order valence-corrected chi connectivity index (χ0v) is 11.8. The van der Waals surface area contributed by atoms with Crippen LogP contribution in [-0.2, 0) is 24.3 Å². The number of hydrogen-bond acceptors (Lipinski definition) is 3. The van der Waals surface area contributed by atoms with E-state index in [4.69, 9.17) is 16.7 Å². The molecule has 19 heavy (non-hydrogen) atoms. The number of halogens is 1. The summed E-state index contributed by atoms with van der Waals surface area (Å²) in [6.45, 7) is 1.48. The van der Waals surface area contributed by atoms with Gasteiger partial charge in [-0.25, -0.2) is 0 Å². The first-order chi connectivity index (χ1) is 9.13. The van der Waals surface area contributed by atoms with Crippen LogP contribution in [0.3, 0.4) is 0 Å². The van der Waals surface area contributed by atoms with E-state index in [0.29, 0.717) is 0 Å². The first-order valence-corrected chi connectivity index (χ1v) is 7.07. The van der Waals surface area contributed by atoms with E-state index in [9.17, 15) is 4.79 Å². The van der Waals surface area contributed by atoms with Gasteiger partial charge in [0.15, 0.2) is 0 Å². The molecule has 0 unspecified atom stereocenters. The highest BCUT2D eigenvalue weighted by Crippen LogP contribution is 2.17. The molecule has 0 saturated carbocycles. The van der Waals surface area contributed by atoms with Gasteiger partial charge in [-0.05, 0) is 29.8 Å². The van der Waals surface area contributed by atoms with E-state index < -0.39 is 5.97 Å². The third kappa shape index (κ3) is 4.67. The molecule has 0 bridgehead atoms. The average Bonchev–Trinajstić information content (AvgIpc) is 2.76. The van der Waals surface area contributed by atoms with Gasteiger partial charge in [-0.3, -0.25) is 4.79 Å². The van der Waals surface area contributed by atoms with Crippen molar-refractivity contribution in [3.05, 3.63) is 56.7 Å². The lowest BCUT2D eigenvalue weighted by Crippen LogP contribution is -2.11. The summed E-state index contributed by atoms with van der Waals surface area (Å²) >= 11 is 7.44. The number of carbonyl (C=O) groups is 1. The van der Waals surface area contributed by atoms with Gasteiger partial charge < -0.3 is 10.4 Å². The molecule has 0 aliphatic rings. The van der Waals surface area contributed by atoms with E-state index in [2.05, 4.69) is 5.32 Å². The first kappa shape index (κ1) is 14.1. The molecule has 2 N–H and O–H groups in total. The van der Waals surface area contributed by atoms with E-state index in [-0.39, 0.29) is 6.42 Å². The van der Waals surface area contributed by atoms with Gasteiger partial charge in [-0.15, -0.1) is 11.3 Å². The van der Waals surface area contributed by atoms with Gasteiger partial charge in [0, 0.05) is 27.9 Å². The fraction of sp³-hybridized carbons (Fsp3) is 0.214. The minimum Gasteiger partial charge on any atom is -0.481 e. The van der Waals surface area contributed by atoms with Gasteiger partial charge >= 0.3 is 5.97 Å². The van der Waals surface area contributed by atoms with Crippen LogP contribution in [0.2, 0.25) is 5.02 Å². The second-order valence-corrected chi connectivity index (χ2v) is 5.86. The third-order valence-electron chi connectivity index (χ3n) is 2.56. The summed E-state index contributed by atoms with van der Waals surface area (Å²) in [7, 11) is 0. The van der Waals surface area contributed by atoms with Gasteiger partial charge in [-0.1, -0.05) is 23.7 Å². The van der Waals surface area contributed by atoms with Crippen molar-refractivity contribution in [2.45, 2.75) is 19.5 Å². The maximum atomic E-state index is 10.6. The van der Waals surface area contributed by atoms with Gasteiger partial charge in [0.05, 0.1) is 6.42 Å². The molecule has 5 heteroatoms. The summed E-state index contributed by atoms with van der Waals surface area (Å²) in [6, 6.07) is 11.6. The van der Waals surface area contributed by atoms with Crippen LogP contribution in [0.15, 0.2) is 36.4 Å². The topological polar surface area (TPSA) is 49.3 Å². The molecular formula is C14H14ClNO2S. The molecule has 0 amide bonds. The SMILES string of the molecule is O=C(O)Cc1ccc(CNCc2cccc(Cl)c2)s1. The van der Waals surface area contributed by atoms with Crippen molar-refractivity contribution in [3.63, 3.8) is 0 Å². The van der Waals surface area contributed by atoms with E-state index >= 15 is 0 Å². The zero-order chi connectivity index (χ0) is 13.7. The average molecular weight is 296 g/mol. The van der Waals surface area contributed by atoms with E-state index in [1.807, 2.05) is 36.4 Å². The Morgan fingerprint density at radius 1 is 1.21 bits per heavy atom. The van der Waals surface area contributed by atoms with Crippen molar-refractivity contribution >= 4 is 28.9 Å². The second kappa shape index (κ2) is 6.70. The Labute approximate surface area is 120 Å². The van der Waals surface area contributed by atoms with Crippen LogP contribution in [0, 0.1) is 0 Å². The quantitative estimate of drug-likeness (QED) is 0.859. The Bertz CT molecular complexity index is 568. The summed E-state index contributed by atoms with van der Waals surface area (Å²) in [6.07, 6.45) is 0.0962. The molecule has 0 radical (unpaired) electrons. The van der Waals surface area contributed by atoms with Crippen molar-refractivity contribution < 1.29 is 9.90 Å². The lowest BCUT2D eigenvalue weighted by molar-refractivity contribution is -0.136.